The quantitative estimate of drug-likeness (QED) is 0.585. The summed E-state index contributed by atoms with van der Waals surface area (Å²) in [7, 11) is 0. The predicted molar refractivity (Wildman–Crippen MR) is 104 cm³/mol. The molecule has 0 fully saturated rings. The Kier molecular flexibility index (Phi) is 4.19. The van der Waals surface area contributed by atoms with Crippen LogP contribution in [-0.4, -0.2) is 11.6 Å². The average molecular weight is 363 g/mol. The fourth-order valence-electron chi connectivity index (χ4n) is 2.77. The molecule has 0 saturated heterocycles. The molecule has 0 atom stereocenters. The maximum absolute atomic E-state index is 12.7. The molecule has 1 aliphatic heterocycles. The van der Waals surface area contributed by atoms with Crippen LogP contribution in [0, 0.1) is 0 Å². The van der Waals surface area contributed by atoms with E-state index < -0.39 is 0 Å². The number of hydrogen-bond acceptors (Lipinski definition) is 3. The second-order valence-corrected chi connectivity index (χ2v) is 6.34. The Hall–Kier alpha value is -3.11. The maximum atomic E-state index is 12.7. The van der Waals surface area contributed by atoms with E-state index in [2.05, 4.69) is 5.10 Å². The number of anilines is 1. The van der Waals surface area contributed by atoms with Crippen LogP contribution in [0.25, 0.3) is 17.4 Å². The Balaban J connectivity index is 1.62. The zero-order chi connectivity index (χ0) is 18.1. The van der Waals surface area contributed by atoms with Gasteiger partial charge in [0, 0.05) is 10.6 Å². The molecule has 5 heteroatoms. The number of furan rings is 1. The Bertz CT molecular complexity index is 1020. The molecule has 4 nitrogen and oxygen atoms in total. The third-order valence-electron chi connectivity index (χ3n) is 4.11. The van der Waals surface area contributed by atoms with Gasteiger partial charge < -0.3 is 4.42 Å². The summed E-state index contributed by atoms with van der Waals surface area (Å²) in [5.41, 5.74) is 2.84. The number of nitrogens with zero attached hydrogens (tertiary/aromatic N) is 2. The van der Waals surface area contributed by atoms with Crippen LogP contribution < -0.4 is 5.01 Å². The third-order valence-corrected chi connectivity index (χ3v) is 4.36. The molecule has 0 saturated carbocycles. The number of carbonyl (C=O) groups is 1. The van der Waals surface area contributed by atoms with E-state index in [0.717, 1.165) is 11.3 Å². The average Bonchev–Trinajstić information content (AvgIpc) is 3.23. The molecule has 0 N–H and O–H groups in total. The van der Waals surface area contributed by atoms with Gasteiger partial charge >= 0.3 is 0 Å². The molecule has 2 heterocycles. The molecule has 4 rings (SSSR count). The van der Waals surface area contributed by atoms with Crippen LogP contribution in [0.4, 0.5) is 5.69 Å². The van der Waals surface area contributed by atoms with Crippen LogP contribution >= 0.6 is 11.6 Å². The van der Waals surface area contributed by atoms with Crippen LogP contribution in [0.2, 0.25) is 5.02 Å². The predicted octanol–water partition coefficient (Wildman–Crippen LogP) is 5.41. The van der Waals surface area contributed by atoms with Crippen molar-refractivity contribution < 1.29 is 9.21 Å². The van der Waals surface area contributed by atoms with Crippen molar-refractivity contribution in [2.75, 3.05) is 5.01 Å². The number of benzene rings is 2. The van der Waals surface area contributed by atoms with Crippen molar-refractivity contribution in [3.8, 4) is 11.3 Å². The van der Waals surface area contributed by atoms with Crippen molar-refractivity contribution in [1.82, 2.24) is 0 Å². The third kappa shape index (κ3) is 3.07. The minimum absolute atomic E-state index is 0.168. The van der Waals surface area contributed by atoms with Gasteiger partial charge in [-0.2, -0.15) is 10.1 Å². The minimum Gasteiger partial charge on any atom is -0.457 e. The molecule has 2 aromatic carbocycles. The number of halogens is 1. The molecule has 3 aromatic rings. The van der Waals surface area contributed by atoms with E-state index in [0.29, 0.717) is 27.8 Å². The maximum Gasteiger partial charge on any atom is 0.280 e. The van der Waals surface area contributed by atoms with Gasteiger partial charge in [0.05, 0.1) is 17.0 Å². The fourth-order valence-corrected chi connectivity index (χ4v) is 2.90. The summed E-state index contributed by atoms with van der Waals surface area (Å²) in [6.07, 6.45) is 1.73. The molecule has 0 aliphatic carbocycles. The molecular formula is C21H15ClN2O2. The van der Waals surface area contributed by atoms with Crippen molar-refractivity contribution in [3.63, 3.8) is 0 Å². The second-order valence-electron chi connectivity index (χ2n) is 5.90. The lowest BCUT2D eigenvalue weighted by Crippen LogP contribution is -2.21. The summed E-state index contributed by atoms with van der Waals surface area (Å²) < 4.78 is 5.86. The van der Waals surface area contributed by atoms with E-state index in [-0.39, 0.29) is 5.91 Å². The fraction of sp³-hybridized carbons (Fsp3) is 0.0476. The Morgan fingerprint density at radius 1 is 1.00 bits per heavy atom. The van der Waals surface area contributed by atoms with Crippen LogP contribution in [0.1, 0.15) is 12.7 Å². The Morgan fingerprint density at radius 3 is 2.46 bits per heavy atom. The first kappa shape index (κ1) is 16.4. The van der Waals surface area contributed by atoms with E-state index >= 15 is 0 Å². The van der Waals surface area contributed by atoms with Crippen molar-refractivity contribution >= 4 is 35.0 Å². The molecule has 0 radical (unpaired) electrons. The van der Waals surface area contributed by atoms with Crippen molar-refractivity contribution in [1.29, 1.82) is 0 Å². The second kappa shape index (κ2) is 6.65. The SMILES string of the molecule is CC1=NN(c2ccccc2)C(=O)/C1=C/c1ccc(-c2ccc(Cl)cc2)o1. The molecule has 1 aromatic heterocycles. The molecule has 26 heavy (non-hydrogen) atoms. The van der Waals surface area contributed by atoms with Crippen LogP contribution in [-0.2, 0) is 4.79 Å². The van der Waals surface area contributed by atoms with Gasteiger partial charge in [0.25, 0.3) is 5.91 Å². The van der Waals surface area contributed by atoms with Gasteiger partial charge in [0.15, 0.2) is 0 Å². The summed E-state index contributed by atoms with van der Waals surface area (Å²) in [5.74, 6) is 1.15. The van der Waals surface area contributed by atoms with Crippen LogP contribution in [0.5, 0.6) is 0 Å². The molecule has 0 bridgehead atoms. The topological polar surface area (TPSA) is 45.8 Å². The Labute approximate surface area is 156 Å². The standard InChI is InChI=1S/C21H15ClN2O2/c1-14-19(21(25)24(23-14)17-5-3-2-4-6-17)13-18-11-12-20(26-18)15-7-9-16(22)10-8-15/h2-13H,1H3/b19-13+. The van der Waals surface area contributed by atoms with Gasteiger partial charge in [-0.25, -0.2) is 0 Å². The number of para-hydroxylation sites is 1. The summed E-state index contributed by atoms with van der Waals surface area (Å²) in [6, 6.07) is 20.5. The van der Waals surface area contributed by atoms with Gasteiger partial charge in [-0.3, -0.25) is 4.79 Å². The molecule has 128 valence electrons. The first-order valence-corrected chi connectivity index (χ1v) is 8.52. The number of rotatable bonds is 3. The highest BCUT2D eigenvalue weighted by Crippen LogP contribution is 2.28. The largest absolute Gasteiger partial charge is 0.457 e. The van der Waals surface area contributed by atoms with E-state index in [1.807, 2.05) is 73.7 Å². The summed E-state index contributed by atoms with van der Waals surface area (Å²) >= 11 is 5.92. The number of carbonyl (C=O) groups excluding carboxylic acids is 1. The molecule has 1 aliphatic rings. The highest BCUT2D eigenvalue weighted by atomic mass is 35.5. The van der Waals surface area contributed by atoms with E-state index in [1.54, 1.807) is 6.08 Å². The van der Waals surface area contributed by atoms with Gasteiger partial charge in [-0.15, -0.1) is 0 Å². The summed E-state index contributed by atoms with van der Waals surface area (Å²) in [6.45, 7) is 1.82. The Morgan fingerprint density at radius 2 is 1.73 bits per heavy atom. The van der Waals surface area contributed by atoms with Crippen molar-refractivity contribution in [2.24, 2.45) is 5.10 Å². The normalized spacial score (nSPS) is 15.6. The molecule has 0 unspecified atom stereocenters. The highest BCUT2D eigenvalue weighted by molar-refractivity contribution is 6.32. The van der Waals surface area contributed by atoms with Gasteiger partial charge in [0.1, 0.15) is 11.5 Å². The zero-order valence-electron chi connectivity index (χ0n) is 14.0. The van der Waals surface area contributed by atoms with Crippen LogP contribution in [0.3, 0.4) is 0 Å². The van der Waals surface area contributed by atoms with Crippen molar-refractivity contribution in [2.45, 2.75) is 6.92 Å². The van der Waals surface area contributed by atoms with Gasteiger partial charge in [0.2, 0.25) is 0 Å². The van der Waals surface area contributed by atoms with Crippen LogP contribution in [0.15, 0.2) is 81.8 Å². The highest BCUT2D eigenvalue weighted by Gasteiger charge is 2.28. The molecule has 1 amide bonds. The smallest absolute Gasteiger partial charge is 0.280 e. The number of hydrazone groups is 1. The minimum atomic E-state index is -0.168. The zero-order valence-corrected chi connectivity index (χ0v) is 14.8. The van der Waals surface area contributed by atoms with E-state index in [4.69, 9.17) is 16.0 Å². The molecule has 0 spiro atoms. The number of hydrogen-bond donors (Lipinski definition) is 0. The lowest BCUT2D eigenvalue weighted by molar-refractivity contribution is -0.114. The number of amides is 1. The van der Waals surface area contributed by atoms with Gasteiger partial charge in [-0.05, 0) is 61.5 Å². The first-order valence-electron chi connectivity index (χ1n) is 8.14. The molecular weight excluding hydrogens is 348 g/mol. The lowest BCUT2D eigenvalue weighted by Gasteiger charge is -2.10. The van der Waals surface area contributed by atoms with Gasteiger partial charge in [-0.1, -0.05) is 29.8 Å². The lowest BCUT2D eigenvalue weighted by atomic mass is 10.1. The van der Waals surface area contributed by atoms with Crippen molar-refractivity contribution in [3.05, 3.63) is 83.1 Å². The first-order chi connectivity index (χ1) is 12.6. The summed E-state index contributed by atoms with van der Waals surface area (Å²) in [4.78, 5) is 12.7. The monoisotopic (exact) mass is 362 g/mol. The summed E-state index contributed by atoms with van der Waals surface area (Å²) in [5, 5.41) is 6.45. The van der Waals surface area contributed by atoms with E-state index in [9.17, 15) is 4.79 Å². The van der Waals surface area contributed by atoms with E-state index in [1.165, 1.54) is 5.01 Å².